The molecule has 0 unspecified atom stereocenters. The molecule has 160 valence electrons. The van der Waals surface area contributed by atoms with Crippen LogP contribution in [0.4, 0.5) is 11.6 Å². The number of aliphatic hydroxyl groups excluding tert-OH is 1. The zero-order valence-electron chi connectivity index (χ0n) is 17.0. The number of rotatable bonds is 5. The number of methoxy groups -OCH3 is 1. The predicted octanol–water partition coefficient (Wildman–Crippen LogP) is 3.14. The van der Waals surface area contributed by atoms with Crippen molar-refractivity contribution in [3.63, 3.8) is 0 Å². The number of halogens is 1. The Morgan fingerprint density at radius 2 is 2.10 bits per heavy atom. The molecule has 9 nitrogen and oxygen atoms in total. The Kier molecular flexibility index (Phi) is 5.21. The van der Waals surface area contributed by atoms with Gasteiger partial charge in [0.05, 0.1) is 29.8 Å². The summed E-state index contributed by atoms with van der Waals surface area (Å²) < 4.78 is 5.23. The van der Waals surface area contributed by atoms with E-state index in [4.69, 9.17) is 16.3 Å². The molecule has 0 spiro atoms. The Morgan fingerprint density at radius 3 is 2.87 bits per heavy atom. The van der Waals surface area contributed by atoms with Gasteiger partial charge in [0, 0.05) is 36.6 Å². The van der Waals surface area contributed by atoms with Gasteiger partial charge < -0.3 is 20.1 Å². The van der Waals surface area contributed by atoms with Gasteiger partial charge >= 0.3 is 0 Å². The number of hydrogen-bond donors (Lipinski definition) is 3. The van der Waals surface area contributed by atoms with Crippen molar-refractivity contribution in [3.05, 3.63) is 41.2 Å². The number of H-pyrrole nitrogens is 1. The van der Waals surface area contributed by atoms with Gasteiger partial charge in [-0.2, -0.15) is 10.2 Å². The van der Waals surface area contributed by atoms with Crippen molar-refractivity contribution >= 4 is 45.0 Å². The van der Waals surface area contributed by atoms with Gasteiger partial charge in [-0.05, 0) is 30.5 Å². The summed E-state index contributed by atoms with van der Waals surface area (Å²) >= 11 is 6.26. The quantitative estimate of drug-likeness (QED) is 0.434. The lowest BCUT2D eigenvalue weighted by molar-refractivity contribution is 0.145. The van der Waals surface area contributed by atoms with Gasteiger partial charge in [-0.25, -0.2) is 4.98 Å². The summed E-state index contributed by atoms with van der Waals surface area (Å²) in [6.07, 6.45) is 4.72. The smallest absolute Gasteiger partial charge is 0.184 e. The summed E-state index contributed by atoms with van der Waals surface area (Å²) in [6.45, 7) is 2.03. The van der Waals surface area contributed by atoms with E-state index in [9.17, 15) is 5.11 Å². The summed E-state index contributed by atoms with van der Waals surface area (Å²) in [5, 5.41) is 32.5. The van der Waals surface area contributed by atoms with Gasteiger partial charge in [-0.1, -0.05) is 17.7 Å². The number of nitrogens with zero attached hydrogens (tertiary/aromatic N) is 5. The van der Waals surface area contributed by atoms with Gasteiger partial charge in [0.15, 0.2) is 11.5 Å². The molecule has 0 saturated carbocycles. The fourth-order valence-electron chi connectivity index (χ4n) is 3.98. The zero-order chi connectivity index (χ0) is 21.4. The Hall–Kier alpha value is -3.17. The molecule has 1 aromatic carbocycles. The molecule has 0 amide bonds. The largest absolute Gasteiger partial charge is 0.495 e. The number of benzene rings is 1. The maximum atomic E-state index is 9.87. The predicted molar refractivity (Wildman–Crippen MR) is 120 cm³/mol. The van der Waals surface area contributed by atoms with E-state index < -0.39 is 0 Å². The molecule has 4 heterocycles. The second-order valence-electron chi connectivity index (χ2n) is 7.59. The van der Waals surface area contributed by atoms with Gasteiger partial charge in [-0.15, -0.1) is 5.10 Å². The minimum absolute atomic E-state index is 0.249. The van der Waals surface area contributed by atoms with Crippen LogP contribution in [-0.2, 0) is 6.54 Å². The molecule has 1 aliphatic rings. The first-order valence-electron chi connectivity index (χ1n) is 10.1. The SMILES string of the molecule is COc1ccc(CNc2n[nH]c(N3CCC(O)CC3)c3cnc4nncc4c23)cc1Cl. The first kappa shape index (κ1) is 19.8. The average Bonchev–Trinajstić information content (AvgIpc) is 3.27. The number of aromatic amines is 1. The molecule has 5 rings (SSSR count). The van der Waals surface area contributed by atoms with E-state index in [0.717, 1.165) is 53.5 Å². The van der Waals surface area contributed by atoms with Crippen LogP contribution in [0.1, 0.15) is 18.4 Å². The molecule has 1 saturated heterocycles. The van der Waals surface area contributed by atoms with Crippen LogP contribution in [0.3, 0.4) is 0 Å². The van der Waals surface area contributed by atoms with E-state index in [-0.39, 0.29) is 6.10 Å². The number of nitrogens with one attached hydrogen (secondary N) is 2. The number of ether oxygens (including phenoxy) is 1. The normalized spacial score (nSPS) is 15.0. The number of aliphatic hydroxyl groups is 1. The van der Waals surface area contributed by atoms with Crippen LogP contribution < -0.4 is 15.0 Å². The van der Waals surface area contributed by atoms with E-state index in [1.807, 2.05) is 18.2 Å². The first-order chi connectivity index (χ1) is 15.1. The fraction of sp³-hybridized carbons (Fsp3) is 0.333. The van der Waals surface area contributed by atoms with Crippen molar-refractivity contribution in [3.8, 4) is 5.75 Å². The Balaban J connectivity index is 1.53. The third-order valence-corrected chi connectivity index (χ3v) is 5.95. The molecular formula is C21H22ClN7O2. The Labute approximate surface area is 183 Å². The molecule has 4 aromatic rings. The highest BCUT2D eigenvalue weighted by atomic mass is 35.5. The molecule has 3 aromatic heterocycles. The van der Waals surface area contributed by atoms with E-state index in [1.165, 1.54) is 0 Å². The monoisotopic (exact) mass is 439 g/mol. The van der Waals surface area contributed by atoms with Gasteiger partial charge in [0.2, 0.25) is 0 Å². The minimum atomic E-state index is -0.249. The summed E-state index contributed by atoms with van der Waals surface area (Å²) in [5.41, 5.74) is 1.58. The minimum Gasteiger partial charge on any atom is -0.495 e. The number of fused-ring (bicyclic) bond motifs is 3. The van der Waals surface area contributed by atoms with Gasteiger partial charge in [0.25, 0.3) is 0 Å². The lowest BCUT2D eigenvalue weighted by atomic mass is 10.1. The number of hydrogen-bond acceptors (Lipinski definition) is 8. The van der Waals surface area contributed by atoms with Crippen LogP contribution in [0.5, 0.6) is 5.75 Å². The molecule has 0 aliphatic carbocycles. The van der Waals surface area contributed by atoms with Crippen LogP contribution in [0.2, 0.25) is 5.02 Å². The van der Waals surface area contributed by atoms with E-state index in [0.29, 0.717) is 28.8 Å². The molecule has 3 N–H and O–H groups in total. The third-order valence-electron chi connectivity index (χ3n) is 5.66. The van der Waals surface area contributed by atoms with Gasteiger partial charge in [0.1, 0.15) is 11.6 Å². The summed E-state index contributed by atoms with van der Waals surface area (Å²) in [7, 11) is 1.59. The summed E-state index contributed by atoms with van der Waals surface area (Å²) in [5.74, 6) is 2.21. The maximum absolute atomic E-state index is 9.87. The second-order valence-corrected chi connectivity index (χ2v) is 8.00. The average molecular weight is 440 g/mol. The third kappa shape index (κ3) is 3.70. The number of pyridine rings is 1. The maximum Gasteiger partial charge on any atom is 0.184 e. The van der Waals surface area contributed by atoms with E-state index in [1.54, 1.807) is 19.5 Å². The molecule has 1 fully saturated rings. The van der Waals surface area contributed by atoms with Crippen molar-refractivity contribution in [1.29, 1.82) is 0 Å². The van der Waals surface area contributed by atoms with Crippen LogP contribution in [0.15, 0.2) is 30.6 Å². The molecule has 0 radical (unpaired) electrons. The molecule has 1 aliphatic heterocycles. The van der Waals surface area contributed by atoms with Crippen molar-refractivity contribution < 1.29 is 9.84 Å². The molecule has 0 atom stereocenters. The lowest BCUT2D eigenvalue weighted by Crippen LogP contribution is -2.36. The second kappa shape index (κ2) is 8.16. The van der Waals surface area contributed by atoms with Crippen molar-refractivity contribution in [2.24, 2.45) is 0 Å². The van der Waals surface area contributed by atoms with Gasteiger partial charge in [-0.3, -0.25) is 5.10 Å². The topological polar surface area (TPSA) is 112 Å². The number of anilines is 2. The van der Waals surface area contributed by atoms with E-state index in [2.05, 4.69) is 35.6 Å². The van der Waals surface area contributed by atoms with Crippen molar-refractivity contribution in [2.45, 2.75) is 25.5 Å². The number of piperidine rings is 1. The molecule has 31 heavy (non-hydrogen) atoms. The Bertz CT molecular complexity index is 1240. The highest BCUT2D eigenvalue weighted by Crippen LogP contribution is 2.34. The van der Waals surface area contributed by atoms with Crippen molar-refractivity contribution in [1.82, 2.24) is 25.4 Å². The molecule has 0 bridgehead atoms. The highest BCUT2D eigenvalue weighted by molar-refractivity contribution is 6.32. The van der Waals surface area contributed by atoms with Crippen LogP contribution in [0.25, 0.3) is 21.8 Å². The first-order valence-corrected chi connectivity index (χ1v) is 10.5. The van der Waals surface area contributed by atoms with Crippen molar-refractivity contribution in [2.75, 3.05) is 30.4 Å². The lowest BCUT2D eigenvalue weighted by Gasteiger charge is -2.31. The molecule has 10 heteroatoms. The summed E-state index contributed by atoms with van der Waals surface area (Å²) in [6, 6.07) is 5.67. The molecular weight excluding hydrogens is 418 g/mol. The Morgan fingerprint density at radius 1 is 1.26 bits per heavy atom. The van der Waals surface area contributed by atoms with Crippen LogP contribution >= 0.6 is 11.6 Å². The zero-order valence-corrected chi connectivity index (χ0v) is 17.7. The number of aromatic nitrogens is 5. The summed E-state index contributed by atoms with van der Waals surface area (Å²) in [4.78, 5) is 6.67. The van der Waals surface area contributed by atoms with E-state index >= 15 is 0 Å². The highest BCUT2D eigenvalue weighted by Gasteiger charge is 2.22. The fourth-order valence-corrected chi connectivity index (χ4v) is 4.26. The van der Waals surface area contributed by atoms with Crippen LogP contribution in [0, 0.1) is 0 Å². The standard InChI is InChI=1S/C21H22ClN7O2/c1-31-17-3-2-12(8-16(17)22)9-23-20-18-14-11-25-26-19(14)24-10-15(18)21(28-27-20)29-6-4-13(30)5-7-29/h2-3,8,10-11,13,28,30H,4-7,9H2,1H3,(H,23,27). The van der Waals surface area contributed by atoms with Crippen LogP contribution in [-0.4, -0.2) is 56.8 Å².